The van der Waals surface area contributed by atoms with Crippen LogP contribution in [0.1, 0.15) is 44.9 Å². The van der Waals surface area contributed by atoms with Crippen LogP contribution in [0, 0.1) is 0 Å². The molecule has 0 spiro atoms. The van der Waals surface area contributed by atoms with Gasteiger partial charge in [-0.05, 0) is 39.3 Å². The fourth-order valence-corrected chi connectivity index (χ4v) is 3.28. The minimum atomic E-state index is -0.372. The third-order valence-electron chi connectivity index (χ3n) is 4.61. The zero-order valence-corrected chi connectivity index (χ0v) is 15.1. The maximum Gasteiger partial charge on any atom is 0.237 e. The lowest BCUT2D eigenvalue weighted by Crippen LogP contribution is -2.41. The zero-order valence-electron chi connectivity index (χ0n) is 13.4. The molecule has 0 aromatic rings. The molecule has 3 N–H and O–H groups in total. The van der Waals surface area contributed by atoms with E-state index in [9.17, 15) is 9.90 Å². The van der Waals surface area contributed by atoms with E-state index in [-0.39, 0.29) is 42.9 Å². The van der Waals surface area contributed by atoms with Gasteiger partial charge in [-0.1, -0.05) is 19.3 Å². The number of carbonyl (C=O) groups is 1. The van der Waals surface area contributed by atoms with Crippen molar-refractivity contribution in [1.82, 2.24) is 15.5 Å². The standard InChI is InChI=1S/C15H29N3O2.2ClH/c1-18(12-6-3-2-4-7-12)9-5-8-16-15(20)14-10-13(19)11-17-14;;/h12-14,17,19H,2-11H2,1H3,(H,16,20);2*1H. The summed E-state index contributed by atoms with van der Waals surface area (Å²) >= 11 is 0. The molecule has 2 fully saturated rings. The maximum absolute atomic E-state index is 11.8. The molecule has 0 aromatic heterocycles. The van der Waals surface area contributed by atoms with Crippen molar-refractivity contribution in [2.45, 2.75) is 63.1 Å². The van der Waals surface area contributed by atoms with Gasteiger partial charge in [-0.15, -0.1) is 24.8 Å². The highest BCUT2D eigenvalue weighted by molar-refractivity contribution is 5.85. The Balaban J connectivity index is 0.00000220. The summed E-state index contributed by atoms with van der Waals surface area (Å²) in [4.78, 5) is 14.3. The summed E-state index contributed by atoms with van der Waals surface area (Å²) in [6, 6.07) is 0.534. The number of rotatable bonds is 6. The minimum absolute atomic E-state index is 0. The molecule has 0 aromatic carbocycles. The molecule has 1 saturated carbocycles. The first-order valence-electron chi connectivity index (χ1n) is 8.06. The summed E-state index contributed by atoms with van der Waals surface area (Å²) in [6.45, 7) is 2.30. The van der Waals surface area contributed by atoms with Crippen LogP contribution in [0.4, 0.5) is 0 Å². The summed E-state index contributed by atoms with van der Waals surface area (Å²) in [5.41, 5.74) is 0. The predicted molar refractivity (Wildman–Crippen MR) is 94.0 cm³/mol. The molecule has 0 radical (unpaired) electrons. The Bertz CT molecular complexity index is 315. The lowest BCUT2D eigenvalue weighted by atomic mass is 9.94. The second kappa shape index (κ2) is 11.5. The largest absolute Gasteiger partial charge is 0.392 e. The molecule has 1 heterocycles. The van der Waals surface area contributed by atoms with Gasteiger partial charge in [0.25, 0.3) is 0 Å². The molecule has 22 heavy (non-hydrogen) atoms. The number of aliphatic hydroxyl groups is 1. The van der Waals surface area contributed by atoms with E-state index in [1.807, 2.05) is 0 Å². The summed E-state index contributed by atoms with van der Waals surface area (Å²) in [5.74, 6) is 0.0295. The normalized spacial score (nSPS) is 25.4. The van der Waals surface area contributed by atoms with Crippen LogP contribution in [0.3, 0.4) is 0 Å². The van der Waals surface area contributed by atoms with Gasteiger partial charge in [-0.25, -0.2) is 0 Å². The molecule has 2 rings (SSSR count). The highest BCUT2D eigenvalue weighted by Crippen LogP contribution is 2.21. The zero-order chi connectivity index (χ0) is 14.4. The minimum Gasteiger partial charge on any atom is -0.392 e. The SMILES string of the molecule is CN(CCCNC(=O)C1CC(O)CN1)C1CCCCC1.Cl.Cl. The number of aliphatic hydroxyl groups excluding tert-OH is 1. The van der Waals surface area contributed by atoms with Crippen LogP contribution in [-0.4, -0.2) is 60.8 Å². The van der Waals surface area contributed by atoms with Crippen molar-refractivity contribution in [1.29, 1.82) is 0 Å². The van der Waals surface area contributed by atoms with E-state index in [0.717, 1.165) is 25.6 Å². The van der Waals surface area contributed by atoms with Crippen LogP contribution in [-0.2, 0) is 4.79 Å². The summed E-state index contributed by atoms with van der Waals surface area (Å²) in [7, 11) is 2.20. The van der Waals surface area contributed by atoms with Gasteiger partial charge in [0, 0.05) is 19.1 Å². The lowest BCUT2D eigenvalue weighted by Gasteiger charge is -2.31. The number of halogens is 2. The Kier molecular flexibility index (Phi) is 11.4. The van der Waals surface area contributed by atoms with Gasteiger partial charge in [-0.3, -0.25) is 4.79 Å². The molecule has 2 atom stereocenters. The Morgan fingerprint density at radius 2 is 1.95 bits per heavy atom. The second-order valence-corrected chi connectivity index (χ2v) is 6.27. The van der Waals surface area contributed by atoms with E-state index in [0.29, 0.717) is 13.0 Å². The Labute approximate surface area is 146 Å². The predicted octanol–water partition coefficient (Wildman–Crippen LogP) is 1.32. The average Bonchev–Trinajstić information content (AvgIpc) is 2.91. The van der Waals surface area contributed by atoms with Crippen molar-refractivity contribution in [2.24, 2.45) is 0 Å². The summed E-state index contributed by atoms with van der Waals surface area (Å²) < 4.78 is 0. The average molecular weight is 356 g/mol. The maximum atomic E-state index is 11.8. The van der Waals surface area contributed by atoms with E-state index < -0.39 is 0 Å². The second-order valence-electron chi connectivity index (χ2n) is 6.27. The fourth-order valence-electron chi connectivity index (χ4n) is 3.28. The first kappa shape index (κ1) is 21.9. The third kappa shape index (κ3) is 7.01. The monoisotopic (exact) mass is 355 g/mol. The molecule has 1 amide bonds. The van der Waals surface area contributed by atoms with E-state index in [2.05, 4.69) is 22.6 Å². The van der Waals surface area contributed by atoms with Gasteiger partial charge in [0.15, 0.2) is 0 Å². The highest BCUT2D eigenvalue weighted by Gasteiger charge is 2.27. The molecule has 1 aliphatic heterocycles. The Morgan fingerprint density at radius 3 is 2.55 bits per heavy atom. The van der Waals surface area contributed by atoms with Gasteiger partial charge in [0.2, 0.25) is 5.91 Å². The molecule has 2 aliphatic rings. The molecule has 5 nitrogen and oxygen atoms in total. The molecule has 1 saturated heterocycles. The van der Waals surface area contributed by atoms with Crippen molar-refractivity contribution in [3.05, 3.63) is 0 Å². The van der Waals surface area contributed by atoms with Crippen LogP contribution >= 0.6 is 24.8 Å². The van der Waals surface area contributed by atoms with Crippen molar-refractivity contribution in [2.75, 3.05) is 26.7 Å². The van der Waals surface area contributed by atoms with Gasteiger partial charge in [-0.2, -0.15) is 0 Å². The van der Waals surface area contributed by atoms with Crippen molar-refractivity contribution in [3.63, 3.8) is 0 Å². The number of amides is 1. The smallest absolute Gasteiger partial charge is 0.237 e. The van der Waals surface area contributed by atoms with Gasteiger partial charge < -0.3 is 20.6 Å². The third-order valence-corrected chi connectivity index (χ3v) is 4.61. The first-order chi connectivity index (χ1) is 9.66. The van der Waals surface area contributed by atoms with E-state index in [1.54, 1.807) is 0 Å². The number of hydrogen-bond donors (Lipinski definition) is 3. The lowest BCUT2D eigenvalue weighted by molar-refractivity contribution is -0.122. The molecule has 2 unspecified atom stereocenters. The molecular formula is C15H31Cl2N3O2. The first-order valence-corrected chi connectivity index (χ1v) is 8.06. The Morgan fingerprint density at radius 1 is 1.27 bits per heavy atom. The summed E-state index contributed by atoms with van der Waals surface area (Å²) in [5, 5.41) is 15.4. The van der Waals surface area contributed by atoms with Gasteiger partial charge in [0.05, 0.1) is 12.1 Å². The molecule has 7 heteroatoms. The quantitative estimate of drug-likeness (QED) is 0.628. The number of hydrogen-bond acceptors (Lipinski definition) is 4. The van der Waals surface area contributed by atoms with Crippen molar-refractivity contribution in [3.8, 4) is 0 Å². The number of carbonyl (C=O) groups excluding carboxylic acids is 1. The summed E-state index contributed by atoms with van der Waals surface area (Å²) in [6.07, 6.45) is 7.92. The molecule has 132 valence electrons. The van der Waals surface area contributed by atoms with E-state index >= 15 is 0 Å². The van der Waals surface area contributed by atoms with E-state index in [4.69, 9.17) is 0 Å². The van der Waals surface area contributed by atoms with Crippen LogP contribution in [0.15, 0.2) is 0 Å². The molecule has 1 aliphatic carbocycles. The van der Waals surface area contributed by atoms with E-state index in [1.165, 1.54) is 32.1 Å². The number of β-amino-alcohol motifs (C(OH)–C–C–N with tert-alkyl or cyclic N) is 1. The number of nitrogens with one attached hydrogen (secondary N) is 2. The van der Waals surface area contributed by atoms with Crippen LogP contribution in [0.5, 0.6) is 0 Å². The molecular weight excluding hydrogens is 325 g/mol. The number of nitrogens with zero attached hydrogens (tertiary/aromatic N) is 1. The van der Waals surface area contributed by atoms with Crippen LogP contribution < -0.4 is 10.6 Å². The van der Waals surface area contributed by atoms with Crippen LogP contribution in [0.25, 0.3) is 0 Å². The topological polar surface area (TPSA) is 64.6 Å². The Hall–Kier alpha value is -0.0700. The van der Waals surface area contributed by atoms with Crippen LogP contribution in [0.2, 0.25) is 0 Å². The fraction of sp³-hybridized carbons (Fsp3) is 0.933. The van der Waals surface area contributed by atoms with Crippen molar-refractivity contribution >= 4 is 30.7 Å². The van der Waals surface area contributed by atoms with Gasteiger partial charge in [0.1, 0.15) is 0 Å². The van der Waals surface area contributed by atoms with Crippen molar-refractivity contribution < 1.29 is 9.90 Å². The molecule has 0 bridgehead atoms. The highest BCUT2D eigenvalue weighted by atomic mass is 35.5. The van der Waals surface area contributed by atoms with Gasteiger partial charge >= 0.3 is 0 Å².